The molecule has 1 fully saturated rings. The van der Waals surface area contributed by atoms with Crippen molar-refractivity contribution in [3.63, 3.8) is 0 Å². The molecule has 0 amide bonds. The summed E-state index contributed by atoms with van der Waals surface area (Å²) in [6, 6.07) is 0. The standard InChI is InChI=1S/C8H18N2O2/c1-2-10-4-6-11-7-8(10)12-5-3-9/h8H,2-7,9H2,1H3. The Hall–Kier alpha value is -0.160. The molecular formula is C8H18N2O2. The van der Waals surface area contributed by atoms with Crippen molar-refractivity contribution in [1.82, 2.24) is 4.90 Å². The minimum atomic E-state index is 0.118. The van der Waals surface area contributed by atoms with Gasteiger partial charge in [0.25, 0.3) is 0 Å². The van der Waals surface area contributed by atoms with Gasteiger partial charge in [-0.1, -0.05) is 6.92 Å². The van der Waals surface area contributed by atoms with Gasteiger partial charge in [0, 0.05) is 13.1 Å². The molecule has 0 aromatic carbocycles. The molecule has 1 unspecified atom stereocenters. The average Bonchev–Trinajstić information content (AvgIpc) is 2.15. The lowest BCUT2D eigenvalue weighted by molar-refractivity contribution is -0.135. The normalized spacial score (nSPS) is 26.0. The van der Waals surface area contributed by atoms with Crippen LogP contribution < -0.4 is 5.73 Å². The van der Waals surface area contributed by atoms with Gasteiger partial charge in [0.05, 0.1) is 19.8 Å². The minimum absolute atomic E-state index is 0.118. The van der Waals surface area contributed by atoms with E-state index >= 15 is 0 Å². The lowest BCUT2D eigenvalue weighted by Crippen LogP contribution is -2.47. The number of likely N-dealkylation sites (N-methyl/N-ethyl adjacent to an activating group) is 1. The Balaban J connectivity index is 2.26. The Labute approximate surface area is 73.6 Å². The van der Waals surface area contributed by atoms with Crippen LogP contribution in [0.2, 0.25) is 0 Å². The maximum absolute atomic E-state index is 5.51. The highest BCUT2D eigenvalue weighted by atomic mass is 16.5. The molecule has 72 valence electrons. The average molecular weight is 174 g/mol. The molecule has 1 rings (SSSR count). The number of hydrogen-bond acceptors (Lipinski definition) is 4. The molecule has 1 aliphatic rings. The molecule has 4 nitrogen and oxygen atoms in total. The van der Waals surface area contributed by atoms with E-state index in [2.05, 4.69) is 11.8 Å². The topological polar surface area (TPSA) is 47.7 Å². The summed E-state index contributed by atoms with van der Waals surface area (Å²) < 4.78 is 10.8. The van der Waals surface area contributed by atoms with E-state index in [0.29, 0.717) is 19.8 Å². The molecule has 0 aliphatic carbocycles. The summed E-state index contributed by atoms with van der Waals surface area (Å²) in [7, 11) is 0. The molecule has 1 saturated heterocycles. The fourth-order valence-corrected chi connectivity index (χ4v) is 1.33. The highest BCUT2D eigenvalue weighted by Gasteiger charge is 2.21. The lowest BCUT2D eigenvalue weighted by Gasteiger charge is -2.34. The number of nitrogens with two attached hydrogens (primary N) is 1. The summed E-state index contributed by atoms with van der Waals surface area (Å²) in [4.78, 5) is 2.26. The number of nitrogens with zero attached hydrogens (tertiary/aromatic N) is 1. The van der Waals surface area contributed by atoms with Crippen LogP contribution >= 0.6 is 0 Å². The molecule has 0 radical (unpaired) electrons. The number of morpholine rings is 1. The zero-order chi connectivity index (χ0) is 8.81. The second kappa shape index (κ2) is 5.48. The molecule has 0 aromatic heterocycles. The Morgan fingerprint density at radius 2 is 2.50 bits per heavy atom. The third-order valence-corrected chi connectivity index (χ3v) is 2.02. The quantitative estimate of drug-likeness (QED) is 0.632. The number of ether oxygens (including phenoxy) is 2. The summed E-state index contributed by atoms with van der Waals surface area (Å²) in [6.45, 7) is 6.79. The largest absolute Gasteiger partial charge is 0.376 e. The fourth-order valence-electron chi connectivity index (χ4n) is 1.33. The third kappa shape index (κ3) is 2.71. The number of hydrogen-bond donors (Lipinski definition) is 1. The summed E-state index contributed by atoms with van der Waals surface area (Å²) >= 11 is 0. The van der Waals surface area contributed by atoms with E-state index in [9.17, 15) is 0 Å². The predicted octanol–water partition coefficient (Wildman–Crippen LogP) is -0.360. The van der Waals surface area contributed by atoms with Crippen molar-refractivity contribution >= 4 is 0 Å². The minimum Gasteiger partial charge on any atom is -0.376 e. The van der Waals surface area contributed by atoms with Gasteiger partial charge in [-0.15, -0.1) is 0 Å². The third-order valence-electron chi connectivity index (χ3n) is 2.02. The SMILES string of the molecule is CCN1CCOCC1OCCN. The first kappa shape index (κ1) is 9.92. The van der Waals surface area contributed by atoms with Gasteiger partial charge in [-0.25, -0.2) is 0 Å². The predicted molar refractivity (Wildman–Crippen MR) is 46.9 cm³/mol. The molecular weight excluding hydrogens is 156 g/mol. The molecule has 4 heteroatoms. The summed E-state index contributed by atoms with van der Waals surface area (Å²) in [6.07, 6.45) is 0.118. The van der Waals surface area contributed by atoms with Crippen molar-refractivity contribution in [3.8, 4) is 0 Å². The van der Waals surface area contributed by atoms with Gasteiger partial charge in [-0.3, -0.25) is 4.90 Å². The number of rotatable bonds is 4. The maximum atomic E-state index is 5.51. The van der Waals surface area contributed by atoms with Gasteiger partial charge in [-0.2, -0.15) is 0 Å². The molecule has 1 heterocycles. The highest BCUT2D eigenvalue weighted by molar-refractivity contribution is 4.65. The zero-order valence-electron chi connectivity index (χ0n) is 7.66. The molecule has 1 aliphatic heterocycles. The maximum Gasteiger partial charge on any atom is 0.134 e. The van der Waals surface area contributed by atoms with Crippen LogP contribution in [0.5, 0.6) is 0 Å². The van der Waals surface area contributed by atoms with Crippen LogP contribution in [0.4, 0.5) is 0 Å². The van der Waals surface area contributed by atoms with Crippen molar-refractivity contribution in [3.05, 3.63) is 0 Å². The second-order valence-corrected chi connectivity index (χ2v) is 2.82. The van der Waals surface area contributed by atoms with Crippen LogP contribution in [-0.4, -0.2) is 50.6 Å². The van der Waals surface area contributed by atoms with Crippen LogP contribution in [0.25, 0.3) is 0 Å². The molecule has 0 bridgehead atoms. The fraction of sp³-hybridized carbons (Fsp3) is 1.00. The first-order chi connectivity index (χ1) is 5.88. The van der Waals surface area contributed by atoms with E-state index < -0.39 is 0 Å². The molecule has 0 aromatic rings. The van der Waals surface area contributed by atoms with Gasteiger partial charge in [0.15, 0.2) is 0 Å². The van der Waals surface area contributed by atoms with Gasteiger partial charge < -0.3 is 15.2 Å². The summed E-state index contributed by atoms with van der Waals surface area (Å²) in [5.74, 6) is 0. The van der Waals surface area contributed by atoms with Crippen molar-refractivity contribution in [2.75, 3.05) is 39.5 Å². The van der Waals surface area contributed by atoms with E-state index in [1.807, 2.05) is 0 Å². The highest BCUT2D eigenvalue weighted by Crippen LogP contribution is 2.06. The Bertz CT molecular complexity index is 122. The molecule has 1 atom stereocenters. The molecule has 0 saturated carbocycles. The first-order valence-electron chi connectivity index (χ1n) is 4.52. The van der Waals surface area contributed by atoms with Gasteiger partial charge in [0.1, 0.15) is 6.23 Å². The van der Waals surface area contributed by atoms with Crippen LogP contribution in [0.15, 0.2) is 0 Å². The molecule has 12 heavy (non-hydrogen) atoms. The Kier molecular flexibility index (Phi) is 4.53. The van der Waals surface area contributed by atoms with E-state index in [-0.39, 0.29) is 6.23 Å². The van der Waals surface area contributed by atoms with Gasteiger partial charge >= 0.3 is 0 Å². The van der Waals surface area contributed by atoms with Crippen molar-refractivity contribution in [2.45, 2.75) is 13.2 Å². The molecule has 2 N–H and O–H groups in total. The smallest absolute Gasteiger partial charge is 0.134 e. The van der Waals surface area contributed by atoms with Crippen molar-refractivity contribution < 1.29 is 9.47 Å². The Morgan fingerprint density at radius 3 is 3.17 bits per heavy atom. The van der Waals surface area contributed by atoms with E-state index in [4.69, 9.17) is 15.2 Å². The second-order valence-electron chi connectivity index (χ2n) is 2.82. The van der Waals surface area contributed by atoms with E-state index in [0.717, 1.165) is 19.7 Å². The zero-order valence-corrected chi connectivity index (χ0v) is 7.66. The van der Waals surface area contributed by atoms with Gasteiger partial charge in [-0.05, 0) is 6.54 Å². The summed E-state index contributed by atoms with van der Waals surface area (Å²) in [5, 5.41) is 0. The van der Waals surface area contributed by atoms with E-state index in [1.54, 1.807) is 0 Å². The molecule has 0 spiro atoms. The monoisotopic (exact) mass is 174 g/mol. The van der Waals surface area contributed by atoms with Crippen LogP contribution in [0, 0.1) is 0 Å². The Morgan fingerprint density at radius 1 is 1.67 bits per heavy atom. The van der Waals surface area contributed by atoms with Crippen LogP contribution in [0.3, 0.4) is 0 Å². The van der Waals surface area contributed by atoms with Crippen LogP contribution in [0.1, 0.15) is 6.92 Å². The van der Waals surface area contributed by atoms with Gasteiger partial charge in [0.2, 0.25) is 0 Å². The van der Waals surface area contributed by atoms with Crippen molar-refractivity contribution in [2.24, 2.45) is 5.73 Å². The van der Waals surface area contributed by atoms with Crippen LogP contribution in [-0.2, 0) is 9.47 Å². The van der Waals surface area contributed by atoms with Crippen molar-refractivity contribution in [1.29, 1.82) is 0 Å². The van der Waals surface area contributed by atoms with E-state index in [1.165, 1.54) is 0 Å². The first-order valence-corrected chi connectivity index (χ1v) is 4.52. The summed E-state index contributed by atoms with van der Waals surface area (Å²) in [5.41, 5.74) is 5.35. The lowest BCUT2D eigenvalue weighted by atomic mass is 10.4.